The molecule has 5 rings (SSSR count). The van der Waals surface area contributed by atoms with E-state index in [-0.39, 0.29) is 29.7 Å². The Balaban J connectivity index is 1.57. The third-order valence-electron chi connectivity index (χ3n) is 6.77. The molecular weight excluding hydrogens is 552 g/mol. The number of hydrogen-bond acceptors (Lipinski definition) is 5. The molecule has 39 heavy (non-hydrogen) atoms. The van der Waals surface area contributed by atoms with Crippen molar-refractivity contribution in [3.63, 3.8) is 0 Å². The average Bonchev–Trinajstić information content (AvgIpc) is 3.42. The van der Waals surface area contributed by atoms with Crippen LogP contribution in [0.5, 0.6) is 5.75 Å². The predicted octanol–water partition coefficient (Wildman–Crippen LogP) is 5.33. The summed E-state index contributed by atoms with van der Waals surface area (Å²) in [7, 11) is -4.30. The molecule has 2 atom stereocenters. The van der Waals surface area contributed by atoms with Crippen LogP contribution in [0.4, 0.5) is 8.78 Å². The monoisotopic (exact) mass is 577 g/mol. The molecule has 0 bridgehead atoms. The van der Waals surface area contributed by atoms with E-state index in [0.29, 0.717) is 27.2 Å². The predicted molar refractivity (Wildman–Crippen MR) is 143 cm³/mol. The van der Waals surface area contributed by atoms with Crippen LogP contribution in [-0.4, -0.2) is 58.7 Å². The first-order valence-corrected chi connectivity index (χ1v) is 14.2. The van der Waals surface area contributed by atoms with Gasteiger partial charge in [0.05, 0.1) is 45.7 Å². The Hall–Kier alpha value is -3.28. The molecule has 1 aliphatic heterocycles. The van der Waals surface area contributed by atoms with E-state index in [1.54, 1.807) is 12.1 Å². The highest BCUT2D eigenvalue weighted by molar-refractivity contribution is 7.89. The van der Waals surface area contributed by atoms with Gasteiger partial charge in [-0.25, -0.2) is 17.2 Å². The molecule has 0 unspecified atom stereocenters. The van der Waals surface area contributed by atoms with Gasteiger partial charge in [0.2, 0.25) is 10.0 Å². The van der Waals surface area contributed by atoms with Crippen LogP contribution in [-0.2, 0) is 21.2 Å². The Kier molecular flexibility index (Phi) is 7.25. The maximum Gasteiger partial charge on any atom is 0.309 e. The van der Waals surface area contributed by atoms with Gasteiger partial charge in [0.15, 0.2) is 0 Å². The first-order chi connectivity index (χ1) is 18.5. The number of carboxylic acids is 1. The van der Waals surface area contributed by atoms with Crippen LogP contribution in [0.25, 0.3) is 16.5 Å². The Bertz CT molecular complexity index is 1600. The lowest BCUT2D eigenvalue weighted by Crippen LogP contribution is -2.39. The van der Waals surface area contributed by atoms with E-state index < -0.39 is 40.9 Å². The highest BCUT2D eigenvalue weighted by Gasteiger charge is 2.46. The van der Waals surface area contributed by atoms with Crippen molar-refractivity contribution in [1.82, 2.24) is 14.1 Å². The number of hydrogen-bond donors (Lipinski definition) is 1. The van der Waals surface area contributed by atoms with Gasteiger partial charge in [0.1, 0.15) is 5.75 Å². The van der Waals surface area contributed by atoms with E-state index in [4.69, 9.17) is 16.3 Å². The van der Waals surface area contributed by atoms with Crippen molar-refractivity contribution in [3.8, 4) is 5.75 Å². The van der Waals surface area contributed by atoms with Gasteiger partial charge in [-0.05, 0) is 62.2 Å². The van der Waals surface area contributed by atoms with Crippen molar-refractivity contribution in [3.05, 3.63) is 70.9 Å². The number of alkyl halides is 2. The average molecular weight is 578 g/mol. The van der Waals surface area contributed by atoms with Crippen molar-refractivity contribution in [2.24, 2.45) is 0 Å². The molecule has 2 aromatic carbocycles. The molecule has 8 nitrogen and oxygen atoms in total. The van der Waals surface area contributed by atoms with Crippen molar-refractivity contribution in [2.75, 3.05) is 6.54 Å². The number of sulfonamides is 1. The number of aliphatic carboxylic acids is 1. The van der Waals surface area contributed by atoms with Gasteiger partial charge in [0.25, 0.3) is 6.43 Å². The maximum atomic E-state index is 14.3. The molecule has 0 amide bonds. The first kappa shape index (κ1) is 27.3. The standard InChI is InChI=1S/C27H26ClF2N3O5S/c1-15(2)38-18-6-8-19(9-7-18)39(36,37)32-14-17(12-23(32)27(29)30)33-26-20(22(31-33)13-24(34)35)10-11-21(28)25(26)16-4-3-5-16/h3-11,15,17,23,27H,12-14H2,1-2H3,(H,34,35)/t17-,23-/m1/s1. The molecule has 3 aromatic rings. The first-order valence-electron chi connectivity index (χ1n) is 12.3. The van der Waals surface area contributed by atoms with Crippen LogP contribution in [0, 0.1) is 0 Å². The zero-order valence-corrected chi connectivity index (χ0v) is 22.7. The van der Waals surface area contributed by atoms with E-state index in [9.17, 15) is 27.1 Å². The smallest absolute Gasteiger partial charge is 0.309 e. The number of carbonyl (C=O) groups is 1. The number of benzene rings is 2. The molecule has 1 N–H and O–H groups in total. The third kappa shape index (κ3) is 5.06. The highest BCUT2D eigenvalue weighted by atomic mass is 35.5. The number of nitrogens with zero attached hydrogens (tertiary/aromatic N) is 3. The fourth-order valence-electron chi connectivity index (χ4n) is 5.04. The zero-order chi connectivity index (χ0) is 28.1. The van der Waals surface area contributed by atoms with Crippen LogP contribution in [0.3, 0.4) is 0 Å². The summed E-state index contributed by atoms with van der Waals surface area (Å²) in [6, 6.07) is 6.57. The summed E-state index contributed by atoms with van der Waals surface area (Å²) >= 11 is 6.54. The molecular formula is C27H26ClF2N3O5S. The lowest BCUT2D eigenvalue weighted by Gasteiger charge is -2.23. The Labute approximate surface area is 229 Å². The van der Waals surface area contributed by atoms with Crippen molar-refractivity contribution in [1.29, 1.82) is 0 Å². The van der Waals surface area contributed by atoms with Crippen LogP contribution in [0.1, 0.15) is 37.6 Å². The molecule has 2 heterocycles. The van der Waals surface area contributed by atoms with Gasteiger partial charge in [0, 0.05) is 17.5 Å². The molecule has 1 aromatic heterocycles. The van der Waals surface area contributed by atoms with Crippen LogP contribution in [0.15, 0.2) is 59.5 Å². The minimum absolute atomic E-state index is 0.116. The van der Waals surface area contributed by atoms with E-state index in [0.717, 1.165) is 9.88 Å². The number of fused-ring (bicyclic) bond motifs is 1. The Morgan fingerprint density at radius 2 is 1.90 bits per heavy atom. The number of allylic oxidation sites excluding steroid dienone is 4. The molecule has 1 saturated heterocycles. The minimum atomic E-state index is -4.30. The third-order valence-corrected chi connectivity index (χ3v) is 8.99. The number of aromatic nitrogens is 2. The summed E-state index contributed by atoms with van der Waals surface area (Å²) < 4.78 is 63.6. The summed E-state index contributed by atoms with van der Waals surface area (Å²) in [6.07, 6.45) is 1.80. The van der Waals surface area contributed by atoms with E-state index in [1.807, 2.05) is 32.1 Å². The molecule has 0 saturated carbocycles. The second-order valence-corrected chi connectivity index (χ2v) is 12.1. The fourth-order valence-corrected chi connectivity index (χ4v) is 6.95. The Morgan fingerprint density at radius 1 is 1.21 bits per heavy atom. The summed E-state index contributed by atoms with van der Waals surface area (Å²) in [5, 5.41) is 14.9. The van der Waals surface area contributed by atoms with Crippen molar-refractivity contribution in [2.45, 2.75) is 56.2 Å². The summed E-state index contributed by atoms with van der Waals surface area (Å²) in [5.41, 5.74) is 2.11. The second kappa shape index (κ2) is 10.4. The molecule has 2 aliphatic rings. The fraction of sp³-hybridized carbons (Fsp3) is 0.333. The Morgan fingerprint density at radius 3 is 2.46 bits per heavy atom. The van der Waals surface area contributed by atoms with Crippen LogP contribution in [0.2, 0.25) is 5.02 Å². The van der Waals surface area contributed by atoms with Gasteiger partial charge in [-0.3, -0.25) is 9.48 Å². The number of carboxylic acid groups (broad SMARTS) is 1. The van der Waals surface area contributed by atoms with Gasteiger partial charge < -0.3 is 9.84 Å². The topological polar surface area (TPSA) is 102 Å². The summed E-state index contributed by atoms with van der Waals surface area (Å²) in [6.45, 7) is 3.39. The quantitative estimate of drug-likeness (QED) is 0.369. The zero-order valence-electron chi connectivity index (χ0n) is 21.1. The van der Waals surface area contributed by atoms with Gasteiger partial charge in [-0.1, -0.05) is 29.8 Å². The maximum absolute atomic E-state index is 14.3. The largest absolute Gasteiger partial charge is 0.491 e. The molecule has 1 aliphatic carbocycles. The molecule has 0 spiro atoms. The van der Waals surface area contributed by atoms with E-state index >= 15 is 0 Å². The summed E-state index contributed by atoms with van der Waals surface area (Å²) in [5.74, 6) is -0.641. The van der Waals surface area contributed by atoms with Gasteiger partial charge >= 0.3 is 5.97 Å². The number of halogens is 3. The molecule has 12 heteroatoms. The number of ether oxygens (including phenoxy) is 1. The normalized spacial score (nSPS) is 19.6. The SMILES string of the molecule is CC(C)Oc1ccc(S(=O)(=O)N2C[C@H](n3nc(CC(=O)O)c4ccc(Cl)c(C5=CC=C5)c43)C[C@@H]2C(F)F)cc1. The number of rotatable bonds is 9. The van der Waals surface area contributed by atoms with E-state index in [2.05, 4.69) is 5.10 Å². The van der Waals surface area contributed by atoms with Crippen molar-refractivity contribution >= 4 is 44.1 Å². The van der Waals surface area contributed by atoms with Crippen LogP contribution >= 0.6 is 11.6 Å². The molecule has 206 valence electrons. The van der Waals surface area contributed by atoms with Crippen molar-refractivity contribution < 1.29 is 31.8 Å². The minimum Gasteiger partial charge on any atom is -0.491 e. The van der Waals surface area contributed by atoms with Gasteiger partial charge in [-0.15, -0.1) is 0 Å². The highest BCUT2D eigenvalue weighted by Crippen LogP contribution is 2.41. The summed E-state index contributed by atoms with van der Waals surface area (Å²) in [4.78, 5) is 11.4. The molecule has 1 fully saturated rings. The second-order valence-electron chi connectivity index (χ2n) is 9.77. The van der Waals surface area contributed by atoms with E-state index in [1.165, 1.54) is 28.9 Å². The van der Waals surface area contributed by atoms with Crippen LogP contribution < -0.4 is 4.74 Å². The lowest BCUT2D eigenvalue weighted by atomic mass is 9.96. The van der Waals surface area contributed by atoms with Gasteiger partial charge in [-0.2, -0.15) is 9.40 Å². The molecule has 0 radical (unpaired) electrons. The lowest BCUT2D eigenvalue weighted by molar-refractivity contribution is -0.136.